The number of thiophene rings is 1. The van der Waals surface area contributed by atoms with E-state index < -0.39 is 0 Å². The largest absolute Gasteiger partial charge is 0.151 e. The van der Waals surface area contributed by atoms with Crippen LogP contribution in [0.5, 0.6) is 0 Å². The molecule has 0 aromatic carbocycles. The summed E-state index contributed by atoms with van der Waals surface area (Å²) in [6, 6.07) is 0. The van der Waals surface area contributed by atoms with E-state index in [0.717, 1.165) is 5.02 Å². The minimum absolute atomic E-state index is 0.192. The maximum absolute atomic E-state index is 5.93. The van der Waals surface area contributed by atoms with Gasteiger partial charge in [0.25, 0.3) is 0 Å². The fourth-order valence-corrected chi connectivity index (χ4v) is 2.30. The molecule has 1 heterocycles. The van der Waals surface area contributed by atoms with Crippen molar-refractivity contribution in [2.75, 3.05) is 0 Å². The highest BCUT2D eigenvalue weighted by Crippen LogP contribution is 2.31. The molecule has 2 heteroatoms. The van der Waals surface area contributed by atoms with Crippen LogP contribution in [0.15, 0.2) is 10.8 Å². The molecule has 0 unspecified atom stereocenters. The Bertz CT molecular complexity index is 219. The van der Waals surface area contributed by atoms with Crippen LogP contribution < -0.4 is 0 Å². The van der Waals surface area contributed by atoms with Crippen molar-refractivity contribution in [1.82, 2.24) is 0 Å². The minimum atomic E-state index is 0.192. The molecule has 0 nitrogen and oxygen atoms in total. The van der Waals surface area contributed by atoms with Crippen molar-refractivity contribution < 1.29 is 0 Å². The van der Waals surface area contributed by atoms with Crippen LogP contribution in [-0.2, 0) is 5.41 Å². The summed E-state index contributed by atoms with van der Waals surface area (Å²) in [6.07, 6.45) is 0. The lowest BCUT2D eigenvalue weighted by molar-refractivity contribution is 0.593. The predicted octanol–water partition coefficient (Wildman–Crippen LogP) is 3.70. The van der Waals surface area contributed by atoms with Gasteiger partial charge in [0, 0.05) is 5.38 Å². The van der Waals surface area contributed by atoms with Gasteiger partial charge in [-0.15, -0.1) is 0 Å². The molecule has 0 atom stereocenters. The summed E-state index contributed by atoms with van der Waals surface area (Å²) < 4.78 is 0. The summed E-state index contributed by atoms with van der Waals surface area (Å²) in [6.45, 7) is 6.50. The summed E-state index contributed by atoms with van der Waals surface area (Å²) in [5.74, 6) is 0. The monoisotopic (exact) mass is 174 g/mol. The molecule has 56 valence electrons. The summed E-state index contributed by atoms with van der Waals surface area (Å²) in [7, 11) is 0. The Hall–Kier alpha value is -0.0100. The van der Waals surface area contributed by atoms with E-state index in [1.807, 2.05) is 5.38 Å². The minimum Gasteiger partial charge on any atom is -0.151 e. The van der Waals surface area contributed by atoms with Crippen LogP contribution in [0.3, 0.4) is 0 Å². The maximum atomic E-state index is 5.93. The van der Waals surface area contributed by atoms with Gasteiger partial charge in [-0.1, -0.05) is 32.4 Å². The highest BCUT2D eigenvalue weighted by atomic mass is 35.5. The Labute approximate surface area is 70.8 Å². The summed E-state index contributed by atoms with van der Waals surface area (Å²) in [5.41, 5.74) is 1.44. The van der Waals surface area contributed by atoms with Crippen molar-refractivity contribution in [1.29, 1.82) is 0 Å². The molecular formula is C8H11ClS. The van der Waals surface area contributed by atoms with Gasteiger partial charge in [0.2, 0.25) is 0 Å². The van der Waals surface area contributed by atoms with Gasteiger partial charge >= 0.3 is 0 Å². The van der Waals surface area contributed by atoms with Crippen LogP contribution in [0.4, 0.5) is 0 Å². The second kappa shape index (κ2) is 2.55. The third-order valence-electron chi connectivity index (χ3n) is 1.42. The molecule has 0 N–H and O–H groups in total. The first kappa shape index (κ1) is 8.09. The molecule has 1 aromatic rings. The van der Waals surface area contributed by atoms with E-state index in [0.29, 0.717) is 0 Å². The highest BCUT2D eigenvalue weighted by Gasteiger charge is 2.17. The Morgan fingerprint density at radius 3 is 2.10 bits per heavy atom. The maximum Gasteiger partial charge on any atom is 0.0550 e. The molecule has 10 heavy (non-hydrogen) atoms. The first-order chi connectivity index (χ1) is 4.52. The third-order valence-corrected chi connectivity index (χ3v) is 2.61. The van der Waals surface area contributed by atoms with E-state index in [-0.39, 0.29) is 5.41 Å². The van der Waals surface area contributed by atoms with E-state index in [4.69, 9.17) is 11.6 Å². The van der Waals surface area contributed by atoms with Gasteiger partial charge in [-0.25, -0.2) is 0 Å². The van der Waals surface area contributed by atoms with Crippen LogP contribution in [-0.4, -0.2) is 0 Å². The average molecular weight is 175 g/mol. The first-order valence-electron chi connectivity index (χ1n) is 3.24. The Kier molecular flexibility index (Phi) is 2.07. The van der Waals surface area contributed by atoms with E-state index >= 15 is 0 Å². The van der Waals surface area contributed by atoms with E-state index in [2.05, 4.69) is 26.2 Å². The van der Waals surface area contributed by atoms with Gasteiger partial charge in [-0.05, 0) is 16.4 Å². The van der Waals surface area contributed by atoms with Gasteiger partial charge < -0.3 is 0 Å². The van der Waals surface area contributed by atoms with Gasteiger partial charge in [-0.3, -0.25) is 0 Å². The highest BCUT2D eigenvalue weighted by molar-refractivity contribution is 7.08. The fraction of sp³-hybridized carbons (Fsp3) is 0.500. The fourth-order valence-electron chi connectivity index (χ4n) is 0.817. The summed E-state index contributed by atoms with van der Waals surface area (Å²) in [5, 5.41) is 4.99. The zero-order chi connectivity index (χ0) is 7.78. The molecule has 0 spiro atoms. The van der Waals surface area contributed by atoms with Crippen LogP contribution in [0.25, 0.3) is 0 Å². The number of hydrogen-bond acceptors (Lipinski definition) is 1. The lowest BCUT2D eigenvalue weighted by Crippen LogP contribution is -2.09. The zero-order valence-electron chi connectivity index (χ0n) is 6.44. The SMILES string of the molecule is CC(C)(C)c1cscc1Cl. The predicted molar refractivity (Wildman–Crippen MR) is 48.0 cm³/mol. The van der Waals surface area contributed by atoms with Gasteiger partial charge in [0.1, 0.15) is 0 Å². The topological polar surface area (TPSA) is 0 Å². The molecular weight excluding hydrogens is 164 g/mol. The van der Waals surface area contributed by atoms with Crippen LogP contribution >= 0.6 is 22.9 Å². The average Bonchev–Trinajstić information content (AvgIpc) is 2.11. The lowest BCUT2D eigenvalue weighted by Gasteiger charge is -2.16. The number of hydrogen-bond donors (Lipinski definition) is 0. The van der Waals surface area contributed by atoms with Crippen LogP contribution in [0, 0.1) is 0 Å². The molecule has 1 aromatic heterocycles. The zero-order valence-corrected chi connectivity index (χ0v) is 8.01. The van der Waals surface area contributed by atoms with E-state index in [9.17, 15) is 0 Å². The van der Waals surface area contributed by atoms with Crippen molar-refractivity contribution in [3.05, 3.63) is 21.3 Å². The lowest BCUT2D eigenvalue weighted by atomic mass is 9.89. The Balaban J connectivity index is 3.05. The molecule has 0 radical (unpaired) electrons. The van der Waals surface area contributed by atoms with Crippen molar-refractivity contribution in [3.63, 3.8) is 0 Å². The van der Waals surface area contributed by atoms with Crippen LogP contribution in [0.2, 0.25) is 5.02 Å². The smallest absolute Gasteiger partial charge is 0.0550 e. The number of halogens is 1. The molecule has 0 bridgehead atoms. The Morgan fingerprint density at radius 1 is 1.30 bits per heavy atom. The molecule has 0 saturated heterocycles. The Morgan fingerprint density at radius 2 is 1.90 bits per heavy atom. The second-order valence-electron chi connectivity index (χ2n) is 3.38. The molecule has 0 aliphatic heterocycles. The molecule has 1 rings (SSSR count). The third kappa shape index (κ3) is 1.53. The van der Waals surface area contributed by atoms with Crippen molar-refractivity contribution in [2.45, 2.75) is 26.2 Å². The molecule has 0 fully saturated rings. The standard InChI is InChI=1S/C8H11ClS/c1-8(2,3)6-4-10-5-7(6)9/h4-5H,1-3H3. The molecule has 0 amide bonds. The van der Waals surface area contributed by atoms with E-state index in [1.165, 1.54) is 5.56 Å². The first-order valence-corrected chi connectivity index (χ1v) is 4.56. The van der Waals surface area contributed by atoms with Gasteiger partial charge in [-0.2, -0.15) is 11.3 Å². The molecule has 0 aliphatic rings. The summed E-state index contributed by atoms with van der Waals surface area (Å²) >= 11 is 7.60. The van der Waals surface area contributed by atoms with Gasteiger partial charge in [0.15, 0.2) is 0 Å². The summed E-state index contributed by atoms with van der Waals surface area (Å²) in [4.78, 5) is 0. The van der Waals surface area contributed by atoms with E-state index in [1.54, 1.807) is 11.3 Å². The van der Waals surface area contributed by atoms with Crippen molar-refractivity contribution in [2.24, 2.45) is 0 Å². The van der Waals surface area contributed by atoms with Crippen LogP contribution in [0.1, 0.15) is 26.3 Å². The normalized spacial score (nSPS) is 12.0. The second-order valence-corrected chi connectivity index (χ2v) is 4.53. The number of rotatable bonds is 0. The van der Waals surface area contributed by atoms with Gasteiger partial charge in [0.05, 0.1) is 5.02 Å². The molecule has 0 aliphatic carbocycles. The van der Waals surface area contributed by atoms with Crippen molar-refractivity contribution in [3.8, 4) is 0 Å². The van der Waals surface area contributed by atoms with Crippen molar-refractivity contribution >= 4 is 22.9 Å². The quantitative estimate of drug-likeness (QED) is 0.563. The molecule has 0 saturated carbocycles.